The van der Waals surface area contributed by atoms with E-state index >= 15 is 0 Å². The molecule has 0 aromatic heterocycles. The predicted octanol–water partition coefficient (Wildman–Crippen LogP) is 1.02. The number of unbranched alkanes of at least 4 members (excludes halogenated alkanes) is 1. The normalized spacial score (nSPS) is 8.83. The molecule has 0 saturated carbocycles. The lowest BCUT2D eigenvalue weighted by Crippen LogP contribution is -2.37. The Bertz CT molecular complexity index is 161. The van der Waals surface area contributed by atoms with Crippen LogP contribution in [-0.4, -0.2) is 24.9 Å². The van der Waals surface area contributed by atoms with Gasteiger partial charge in [-0.1, -0.05) is 13.3 Å². The fraction of sp³-hybridized carbons (Fsp3) is 0.714. The molecular weight excluding hydrogens is 176 g/mol. The van der Waals surface area contributed by atoms with E-state index in [4.69, 9.17) is 4.74 Å². The van der Waals surface area contributed by atoms with Crippen LogP contribution in [0.4, 0.5) is 4.79 Å². The van der Waals surface area contributed by atoms with Crippen LogP contribution in [0.25, 0.3) is 0 Å². The molecule has 0 saturated heterocycles. The van der Waals surface area contributed by atoms with Gasteiger partial charge in [-0.05, 0) is 18.6 Å². The Labute approximate surface area is 77.7 Å². The molecule has 1 amide bonds. The number of hydrogen-bond acceptors (Lipinski definition) is 3. The van der Waals surface area contributed by atoms with Gasteiger partial charge in [-0.3, -0.25) is 5.32 Å². The number of carbonyl (C=O) groups excluding carboxylic acids is 1. The molecule has 0 bridgehead atoms. The minimum atomic E-state index is -0.497. The van der Waals surface area contributed by atoms with Crippen LogP contribution < -0.4 is 10.6 Å². The van der Waals surface area contributed by atoms with Crippen molar-refractivity contribution >= 4 is 23.4 Å². The standard InChI is InChI=1S/C7H14N2O2S/c1-3-4-5-11-7(10)9-6(12)8-2/h3-5H2,1-2H3,(H2,8,9,10,12). The predicted molar refractivity (Wildman–Crippen MR) is 51.0 cm³/mol. The van der Waals surface area contributed by atoms with E-state index in [-0.39, 0.29) is 5.11 Å². The van der Waals surface area contributed by atoms with E-state index in [2.05, 4.69) is 22.9 Å². The van der Waals surface area contributed by atoms with E-state index < -0.39 is 6.09 Å². The third-order valence-corrected chi connectivity index (χ3v) is 1.48. The number of hydrogen-bond donors (Lipinski definition) is 2. The van der Waals surface area contributed by atoms with Crippen LogP contribution in [-0.2, 0) is 4.74 Å². The second kappa shape index (κ2) is 6.84. The summed E-state index contributed by atoms with van der Waals surface area (Å²) in [4.78, 5) is 10.8. The topological polar surface area (TPSA) is 50.4 Å². The minimum absolute atomic E-state index is 0.275. The summed E-state index contributed by atoms with van der Waals surface area (Å²) < 4.78 is 4.78. The van der Waals surface area contributed by atoms with Crippen LogP contribution in [0, 0.1) is 0 Å². The molecule has 12 heavy (non-hydrogen) atoms. The maximum absolute atomic E-state index is 10.8. The van der Waals surface area contributed by atoms with Crippen LogP contribution in [0.2, 0.25) is 0 Å². The summed E-state index contributed by atoms with van der Waals surface area (Å²) in [5, 5.41) is 5.23. The highest BCUT2D eigenvalue weighted by Crippen LogP contribution is 1.87. The van der Waals surface area contributed by atoms with Gasteiger partial charge in [0.05, 0.1) is 6.61 Å². The van der Waals surface area contributed by atoms with E-state index in [0.29, 0.717) is 6.61 Å². The van der Waals surface area contributed by atoms with Gasteiger partial charge in [-0.2, -0.15) is 0 Å². The smallest absolute Gasteiger partial charge is 0.413 e. The Hall–Kier alpha value is -0.840. The highest BCUT2D eigenvalue weighted by atomic mass is 32.1. The maximum atomic E-state index is 10.8. The number of ether oxygens (including phenoxy) is 1. The van der Waals surface area contributed by atoms with E-state index in [1.165, 1.54) is 0 Å². The summed E-state index contributed by atoms with van der Waals surface area (Å²) in [6, 6.07) is 0. The van der Waals surface area contributed by atoms with Crippen LogP contribution in [0.5, 0.6) is 0 Å². The summed E-state index contributed by atoms with van der Waals surface area (Å²) >= 11 is 4.69. The SMILES string of the molecule is CCCCOC(=O)NC(=S)NC. The van der Waals surface area contributed by atoms with Crippen molar-refractivity contribution in [3.05, 3.63) is 0 Å². The van der Waals surface area contributed by atoms with Crippen molar-refractivity contribution in [2.75, 3.05) is 13.7 Å². The van der Waals surface area contributed by atoms with Gasteiger partial charge in [0.2, 0.25) is 0 Å². The Morgan fingerprint density at radius 1 is 1.58 bits per heavy atom. The van der Waals surface area contributed by atoms with E-state index in [1.807, 2.05) is 6.92 Å². The first kappa shape index (κ1) is 11.2. The molecule has 4 nitrogen and oxygen atoms in total. The van der Waals surface area contributed by atoms with Gasteiger partial charge in [-0.25, -0.2) is 4.79 Å². The molecule has 0 heterocycles. The van der Waals surface area contributed by atoms with Crippen molar-refractivity contribution in [1.82, 2.24) is 10.6 Å². The van der Waals surface area contributed by atoms with E-state index in [9.17, 15) is 4.79 Å². The Kier molecular flexibility index (Phi) is 6.37. The molecule has 0 aliphatic carbocycles. The molecule has 0 aromatic rings. The summed E-state index contributed by atoms with van der Waals surface area (Å²) in [6.07, 6.45) is 1.38. The Morgan fingerprint density at radius 2 is 2.25 bits per heavy atom. The van der Waals surface area contributed by atoms with Gasteiger partial charge in [0.1, 0.15) is 0 Å². The zero-order valence-electron chi connectivity index (χ0n) is 7.35. The zero-order chi connectivity index (χ0) is 9.40. The van der Waals surface area contributed by atoms with Gasteiger partial charge in [0, 0.05) is 7.05 Å². The third kappa shape index (κ3) is 5.91. The Balaban J connectivity index is 3.40. The highest BCUT2D eigenvalue weighted by molar-refractivity contribution is 7.80. The molecule has 0 rings (SSSR count). The summed E-state index contributed by atoms with van der Waals surface area (Å²) in [6.45, 7) is 2.47. The van der Waals surface area contributed by atoms with Crippen molar-refractivity contribution in [3.8, 4) is 0 Å². The number of carbonyl (C=O) groups is 1. The first-order valence-electron chi connectivity index (χ1n) is 3.86. The molecule has 0 aromatic carbocycles. The fourth-order valence-electron chi connectivity index (χ4n) is 0.500. The van der Waals surface area contributed by atoms with Gasteiger partial charge in [0.25, 0.3) is 0 Å². The minimum Gasteiger partial charge on any atom is -0.449 e. The van der Waals surface area contributed by atoms with Gasteiger partial charge in [0.15, 0.2) is 5.11 Å². The quantitative estimate of drug-likeness (QED) is 0.515. The molecule has 0 aliphatic rings. The van der Waals surface area contributed by atoms with Crippen molar-refractivity contribution < 1.29 is 9.53 Å². The van der Waals surface area contributed by atoms with Crippen molar-refractivity contribution in [3.63, 3.8) is 0 Å². The van der Waals surface area contributed by atoms with Crippen molar-refractivity contribution in [2.24, 2.45) is 0 Å². The molecule has 5 heteroatoms. The lowest BCUT2D eigenvalue weighted by molar-refractivity contribution is 0.150. The Morgan fingerprint density at radius 3 is 2.75 bits per heavy atom. The molecule has 70 valence electrons. The van der Waals surface area contributed by atoms with Gasteiger partial charge < -0.3 is 10.1 Å². The molecule has 0 unspecified atom stereocenters. The monoisotopic (exact) mass is 190 g/mol. The highest BCUT2D eigenvalue weighted by Gasteiger charge is 2.01. The lowest BCUT2D eigenvalue weighted by Gasteiger charge is -2.05. The molecule has 2 N–H and O–H groups in total. The van der Waals surface area contributed by atoms with E-state index in [1.54, 1.807) is 7.05 Å². The van der Waals surface area contributed by atoms with Crippen LogP contribution in [0.15, 0.2) is 0 Å². The second-order valence-corrected chi connectivity index (χ2v) is 2.60. The largest absolute Gasteiger partial charge is 0.449 e. The average Bonchev–Trinajstić information content (AvgIpc) is 2.05. The summed E-state index contributed by atoms with van der Waals surface area (Å²) in [5.41, 5.74) is 0. The first-order valence-corrected chi connectivity index (χ1v) is 4.27. The molecule has 0 aliphatic heterocycles. The van der Waals surface area contributed by atoms with Crippen LogP contribution in [0.3, 0.4) is 0 Å². The molecule has 0 atom stereocenters. The maximum Gasteiger partial charge on any atom is 0.413 e. The summed E-state index contributed by atoms with van der Waals surface area (Å²) in [5.74, 6) is 0. The number of alkyl carbamates (subject to hydrolysis) is 1. The number of amides is 1. The van der Waals surface area contributed by atoms with E-state index in [0.717, 1.165) is 12.8 Å². The summed E-state index contributed by atoms with van der Waals surface area (Å²) in [7, 11) is 1.63. The third-order valence-electron chi connectivity index (χ3n) is 1.17. The van der Waals surface area contributed by atoms with Crippen molar-refractivity contribution in [1.29, 1.82) is 0 Å². The number of nitrogens with one attached hydrogen (secondary N) is 2. The van der Waals surface area contributed by atoms with Gasteiger partial charge in [-0.15, -0.1) is 0 Å². The molecule has 0 fully saturated rings. The van der Waals surface area contributed by atoms with Crippen LogP contribution in [0.1, 0.15) is 19.8 Å². The lowest BCUT2D eigenvalue weighted by atomic mass is 10.4. The number of rotatable bonds is 3. The average molecular weight is 190 g/mol. The van der Waals surface area contributed by atoms with Crippen LogP contribution >= 0.6 is 12.2 Å². The first-order chi connectivity index (χ1) is 5.70. The number of thiocarbonyl (C=S) groups is 1. The van der Waals surface area contributed by atoms with Crippen molar-refractivity contribution in [2.45, 2.75) is 19.8 Å². The molecule has 0 radical (unpaired) electrons. The van der Waals surface area contributed by atoms with Gasteiger partial charge >= 0.3 is 6.09 Å². The molecule has 0 spiro atoms. The molecular formula is C7H14N2O2S. The fourth-order valence-corrected chi connectivity index (χ4v) is 0.584. The zero-order valence-corrected chi connectivity index (χ0v) is 8.16. The second-order valence-electron chi connectivity index (χ2n) is 2.19.